The van der Waals surface area contributed by atoms with Gasteiger partial charge in [0, 0.05) is 25.0 Å². The number of carbonyl (C=O) groups excluding carboxylic acids is 2. The molecule has 2 fully saturated rings. The van der Waals surface area contributed by atoms with Gasteiger partial charge in [-0.25, -0.2) is 0 Å². The van der Waals surface area contributed by atoms with Crippen molar-refractivity contribution < 1.29 is 9.59 Å². The number of hydrogen-bond donors (Lipinski definition) is 0. The molecule has 1 heterocycles. The number of amides is 2. The highest BCUT2D eigenvalue weighted by Gasteiger charge is 2.32. The predicted molar refractivity (Wildman–Crippen MR) is 70.0 cm³/mol. The van der Waals surface area contributed by atoms with Crippen LogP contribution in [-0.4, -0.2) is 47.3 Å². The summed E-state index contributed by atoms with van der Waals surface area (Å²) in [6.07, 6.45) is 5.60. The van der Waals surface area contributed by atoms with Gasteiger partial charge in [-0.2, -0.15) is 0 Å². The third-order valence-corrected chi connectivity index (χ3v) is 4.15. The maximum absolute atomic E-state index is 12.3. The maximum Gasteiger partial charge on any atom is 0.242 e. The zero-order valence-corrected chi connectivity index (χ0v) is 11.5. The van der Waals surface area contributed by atoms with Crippen molar-refractivity contribution in [3.05, 3.63) is 0 Å². The lowest BCUT2D eigenvalue weighted by atomic mass is 9.88. The number of hydrogen-bond acceptors (Lipinski definition) is 2. The van der Waals surface area contributed by atoms with Crippen LogP contribution in [0.5, 0.6) is 0 Å². The summed E-state index contributed by atoms with van der Waals surface area (Å²) in [5, 5.41) is 0. The van der Waals surface area contributed by atoms with Gasteiger partial charge in [0.1, 0.15) is 0 Å². The molecule has 0 aromatic heterocycles. The molecule has 0 spiro atoms. The van der Waals surface area contributed by atoms with E-state index in [1.165, 1.54) is 6.42 Å². The first-order valence-corrected chi connectivity index (χ1v) is 7.18. The summed E-state index contributed by atoms with van der Waals surface area (Å²) in [5.41, 5.74) is 0. The molecule has 4 nitrogen and oxygen atoms in total. The Bertz CT molecular complexity index is 322. The third-order valence-electron chi connectivity index (χ3n) is 4.15. The zero-order chi connectivity index (χ0) is 13.1. The van der Waals surface area contributed by atoms with Gasteiger partial charge < -0.3 is 9.80 Å². The van der Waals surface area contributed by atoms with Gasteiger partial charge >= 0.3 is 0 Å². The molecule has 1 aliphatic heterocycles. The molecular formula is C14H24N2O2. The van der Waals surface area contributed by atoms with Crippen LogP contribution >= 0.6 is 0 Å². The number of nitrogens with zero attached hydrogens (tertiary/aromatic N) is 2. The van der Waals surface area contributed by atoms with Crippen molar-refractivity contribution in [3.63, 3.8) is 0 Å². The molecule has 0 aromatic carbocycles. The lowest BCUT2D eigenvalue weighted by Gasteiger charge is -2.38. The van der Waals surface area contributed by atoms with E-state index in [-0.39, 0.29) is 30.3 Å². The van der Waals surface area contributed by atoms with Crippen LogP contribution in [0, 0.1) is 5.92 Å². The number of piperazine rings is 1. The molecule has 18 heavy (non-hydrogen) atoms. The van der Waals surface area contributed by atoms with Crippen LogP contribution in [-0.2, 0) is 9.59 Å². The van der Waals surface area contributed by atoms with Crippen LogP contribution in [0.25, 0.3) is 0 Å². The van der Waals surface area contributed by atoms with Gasteiger partial charge in [-0.15, -0.1) is 0 Å². The van der Waals surface area contributed by atoms with E-state index in [9.17, 15) is 9.59 Å². The Morgan fingerprint density at radius 1 is 1.17 bits per heavy atom. The van der Waals surface area contributed by atoms with E-state index in [1.807, 2.05) is 18.7 Å². The Labute approximate surface area is 109 Å². The summed E-state index contributed by atoms with van der Waals surface area (Å²) >= 11 is 0. The van der Waals surface area contributed by atoms with Crippen molar-refractivity contribution in [2.45, 2.75) is 52.0 Å². The summed E-state index contributed by atoms with van der Waals surface area (Å²) < 4.78 is 0. The van der Waals surface area contributed by atoms with Crippen LogP contribution in [0.4, 0.5) is 0 Å². The molecule has 2 amide bonds. The van der Waals surface area contributed by atoms with Crippen LogP contribution in [0.2, 0.25) is 0 Å². The van der Waals surface area contributed by atoms with Crippen LogP contribution in [0.15, 0.2) is 0 Å². The van der Waals surface area contributed by atoms with Gasteiger partial charge in [-0.3, -0.25) is 9.59 Å². The molecule has 0 radical (unpaired) electrons. The SMILES string of the molecule is CC(C)N1CCN(C(=O)C2CCCCC2)CC1=O. The molecule has 0 atom stereocenters. The van der Waals surface area contributed by atoms with Gasteiger partial charge in [0.2, 0.25) is 11.8 Å². The van der Waals surface area contributed by atoms with E-state index >= 15 is 0 Å². The quantitative estimate of drug-likeness (QED) is 0.749. The zero-order valence-electron chi connectivity index (χ0n) is 11.5. The van der Waals surface area contributed by atoms with Crippen molar-refractivity contribution in [2.24, 2.45) is 5.92 Å². The number of rotatable bonds is 2. The Morgan fingerprint density at radius 2 is 1.83 bits per heavy atom. The lowest BCUT2D eigenvalue weighted by Crippen LogP contribution is -2.55. The molecular weight excluding hydrogens is 228 g/mol. The molecule has 0 unspecified atom stereocenters. The van der Waals surface area contributed by atoms with Crippen molar-refractivity contribution in [1.82, 2.24) is 9.80 Å². The molecule has 1 saturated carbocycles. The summed E-state index contributed by atoms with van der Waals surface area (Å²) in [5.74, 6) is 0.490. The molecule has 2 aliphatic rings. The van der Waals surface area contributed by atoms with Gasteiger partial charge in [-0.05, 0) is 26.7 Å². The van der Waals surface area contributed by atoms with Crippen LogP contribution < -0.4 is 0 Å². The summed E-state index contributed by atoms with van der Waals surface area (Å²) in [7, 11) is 0. The average molecular weight is 252 g/mol. The molecule has 1 aliphatic carbocycles. The van der Waals surface area contributed by atoms with E-state index in [4.69, 9.17) is 0 Å². The Hall–Kier alpha value is -1.06. The van der Waals surface area contributed by atoms with Crippen molar-refractivity contribution in [3.8, 4) is 0 Å². The van der Waals surface area contributed by atoms with Crippen molar-refractivity contribution in [1.29, 1.82) is 0 Å². The second-order valence-corrected chi connectivity index (χ2v) is 5.78. The summed E-state index contributed by atoms with van der Waals surface area (Å²) in [4.78, 5) is 27.9. The Balaban J connectivity index is 1.91. The molecule has 0 aromatic rings. The smallest absolute Gasteiger partial charge is 0.242 e. The molecule has 2 rings (SSSR count). The molecule has 1 saturated heterocycles. The van der Waals surface area contributed by atoms with E-state index < -0.39 is 0 Å². The fourth-order valence-electron chi connectivity index (χ4n) is 3.03. The summed E-state index contributed by atoms with van der Waals surface area (Å²) in [6.45, 7) is 5.73. The normalized spacial score (nSPS) is 22.7. The molecule has 4 heteroatoms. The van der Waals surface area contributed by atoms with E-state index in [1.54, 1.807) is 4.90 Å². The van der Waals surface area contributed by atoms with E-state index in [0.717, 1.165) is 25.7 Å². The average Bonchev–Trinajstić information content (AvgIpc) is 2.38. The first-order chi connectivity index (χ1) is 8.59. The first kappa shape index (κ1) is 13.4. The monoisotopic (exact) mass is 252 g/mol. The van der Waals surface area contributed by atoms with Crippen molar-refractivity contribution in [2.75, 3.05) is 19.6 Å². The fourth-order valence-corrected chi connectivity index (χ4v) is 3.03. The predicted octanol–water partition coefficient (Wildman–Crippen LogP) is 1.65. The summed E-state index contributed by atoms with van der Waals surface area (Å²) in [6, 6.07) is 0.240. The fraction of sp³-hybridized carbons (Fsp3) is 0.857. The Kier molecular flexibility index (Phi) is 4.25. The Morgan fingerprint density at radius 3 is 2.39 bits per heavy atom. The third kappa shape index (κ3) is 2.85. The van der Waals surface area contributed by atoms with E-state index in [2.05, 4.69) is 0 Å². The van der Waals surface area contributed by atoms with Gasteiger partial charge in [0.15, 0.2) is 0 Å². The van der Waals surface area contributed by atoms with Crippen LogP contribution in [0.3, 0.4) is 0 Å². The molecule has 102 valence electrons. The minimum absolute atomic E-state index is 0.0976. The number of carbonyl (C=O) groups is 2. The highest BCUT2D eigenvalue weighted by Crippen LogP contribution is 2.26. The topological polar surface area (TPSA) is 40.6 Å². The molecule has 0 bridgehead atoms. The van der Waals surface area contributed by atoms with Crippen LogP contribution in [0.1, 0.15) is 46.0 Å². The van der Waals surface area contributed by atoms with E-state index in [0.29, 0.717) is 13.1 Å². The van der Waals surface area contributed by atoms with Gasteiger partial charge in [-0.1, -0.05) is 19.3 Å². The second kappa shape index (κ2) is 5.72. The minimum atomic E-state index is 0.0976. The highest BCUT2D eigenvalue weighted by atomic mass is 16.2. The lowest BCUT2D eigenvalue weighted by molar-refractivity contribution is -0.149. The molecule has 0 N–H and O–H groups in total. The standard InChI is InChI=1S/C14H24N2O2/c1-11(2)16-9-8-15(10-13(16)17)14(18)12-6-4-3-5-7-12/h11-12H,3-10H2,1-2H3. The minimum Gasteiger partial charge on any atom is -0.337 e. The van der Waals surface area contributed by atoms with Crippen molar-refractivity contribution >= 4 is 11.8 Å². The van der Waals surface area contributed by atoms with Gasteiger partial charge in [0.05, 0.1) is 6.54 Å². The maximum atomic E-state index is 12.3. The second-order valence-electron chi connectivity index (χ2n) is 5.78. The first-order valence-electron chi connectivity index (χ1n) is 7.18. The largest absolute Gasteiger partial charge is 0.337 e. The van der Waals surface area contributed by atoms with Gasteiger partial charge in [0.25, 0.3) is 0 Å². The highest BCUT2D eigenvalue weighted by molar-refractivity contribution is 5.87.